The Morgan fingerprint density at radius 3 is 2.38 bits per heavy atom. The monoisotopic (exact) mass is 333 g/mol. The molecule has 132 valence electrons. The van der Waals surface area contributed by atoms with Gasteiger partial charge in [-0.15, -0.1) is 0 Å². The molecule has 0 aromatic carbocycles. The molecular formula is C18H27N3O3. The van der Waals surface area contributed by atoms with Gasteiger partial charge in [0.1, 0.15) is 12.4 Å². The van der Waals surface area contributed by atoms with Crippen molar-refractivity contribution >= 4 is 17.7 Å². The van der Waals surface area contributed by atoms with E-state index < -0.39 is 5.97 Å². The average molecular weight is 333 g/mol. The zero-order chi connectivity index (χ0) is 17.5. The van der Waals surface area contributed by atoms with Gasteiger partial charge in [-0.05, 0) is 30.9 Å². The number of carbonyl (C=O) groups excluding carboxylic acids is 1. The summed E-state index contributed by atoms with van der Waals surface area (Å²) in [5.41, 5.74) is 0.440. The number of amides is 1. The SMILES string of the molecule is CC(C)CN(CC(=O)O)C(=O)c1ccc(N2CCCCCC2)nc1. The van der Waals surface area contributed by atoms with Gasteiger partial charge in [-0.25, -0.2) is 4.98 Å². The van der Waals surface area contributed by atoms with E-state index >= 15 is 0 Å². The van der Waals surface area contributed by atoms with Gasteiger partial charge < -0.3 is 14.9 Å². The lowest BCUT2D eigenvalue weighted by Crippen LogP contribution is -2.38. The van der Waals surface area contributed by atoms with E-state index in [1.165, 1.54) is 30.6 Å². The third-order valence-corrected chi connectivity index (χ3v) is 4.12. The fourth-order valence-corrected chi connectivity index (χ4v) is 3.01. The molecule has 1 aromatic rings. The molecule has 2 rings (SSSR count). The first-order valence-corrected chi connectivity index (χ1v) is 8.69. The second-order valence-corrected chi connectivity index (χ2v) is 6.78. The summed E-state index contributed by atoms with van der Waals surface area (Å²) < 4.78 is 0. The molecule has 6 heteroatoms. The van der Waals surface area contributed by atoms with Gasteiger partial charge >= 0.3 is 5.97 Å². The molecule has 1 N–H and O–H groups in total. The van der Waals surface area contributed by atoms with Crippen LogP contribution in [-0.4, -0.2) is 53.0 Å². The molecule has 1 saturated heterocycles. The molecule has 0 bridgehead atoms. The summed E-state index contributed by atoms with van der Waals surface area (Å²) in [6.07, 6.45) is 6.42. The maximum Gasteiger partial charge on any atom is 0.323 e. The topological polar surface area (TPSA) is 73.7 Å². The van der Waals surface area contributed by atoms with Crippen molar-refractivity contribution < 1.29 is 14.7 Å². The summed E-state index contributed by atoms with van der Waals surface area (Å²) in [7, 11) is 0. The summed E-state index contributed by atoms with van der Waals surface area (Å²) in [6.45, 7) is 6.05. The minimum absolute atomic E-state index is 0.206. The van der Waals surface area contributed by atoms with E-state index in [1.807, 2.05) is 19.9 Å². The van der Waals surface area contributed by atoms with Gasteiger partial charge in [0.05, 0.1) is 5.56 Å². The summed E-state index contributed by atoms with van der Waals surface area (Å²) in [5, 5.41) is 9.02. The van der Waals surface area contributed by atoms with Crippen LogP contribution in [0.2, 0.25) is 0 Å². The number of pyridine rings is 1. The highest BCUT2D eigenvalue weighted by Crippen LogP contribution is 2.18. The van der Waals surface area contributed by atoms with Gasteiger partial charge in [0.25, 0.3) is 5.91 Å². The van der Waals surface area contributed by atoms with Crippen LogP contribution in [0.15, 0.2) is 18.3 Å². The Balaban J connectivity index is 2.09. The molecule has 2 heterocycles. The van der Waals surface area contributed by atoms with E-state index in [2.05, 4.69) is 9.88 Å². The molecule has 1 amide bonds. The summed E-state index contributed by atoms with van der Waals surface area (Å²) in [6, 6.07) is 3.62. The van der Waals surface area contributed by atoms with E-state index in [1.54, 1.807) is 12.3 Å². The van der Waals surface area contributed by atoms with Gasteiger partial charge in [0.2, 0.25) is 0 Å². The van der Waals surface area contributed by atoms with Gasteiger partial charge in [0, 0.05) is 25.8 Å². The van der Waals surface area contributed by atoms with Gasteiger partial charge in [-0.1, -0.05) is 26.7 Å². The number of aromatic nitrogens is 1. The quantitative estimate of drug-likeness (QED) is 0.866. The average Bonchev–Trinajstić information content (AvgIpc) is 2.82. The number of hydrogen-bond acceptors (Lipinski definition) is 4. The van der Waals surface area contributed by atoms with Crippen molar-refractivity contribution in [3.05, 3.63) is 23.9 Å². The van der Waals surface area contributed by atoms with Crippen LogP contribution in [-0.2, 0) is 4.79 Å². The Bertz CT molecular complexity index is 549. The van der Waals surface area contributed by atoms with Crippen molar-refractivity contribution in [2.24, 2.45) is 5.92 Å². The van der Waals surface area contributed by atoms with Crippen LogP contribution < -0.4 is 4.90 Å². The third-order valence-electron chi connectivity index (χ3n) is 4.12. The lowest BCUT2D eigenvalue weighted by Gasteiger charge is -2.24. The van der Waals surface area contributed by atoms with Crippen LogP contribution in [0.3, 0.4) is 0 Å². The maximum atomic E-state index is 12.6. The van der Waals surface area contributed by atoms with Crippen molar-refractivity contribution in [2.75, 3.05) is 31.1 Å². The van der Waals surface area contributed by atoms with Crippen LogP contribution in [0.1, 0.15) is 49.9 Å². The lowest BCUT2D eigenvalue weighted by molar-refractivity contribution is -0.137. The summed E-state index contributed by atoms with van der Waals surface area (Å²) in [4.78, 5) is 31.6. The molecule has 0 saturated carbocycles. The predicted molar refractivity (Wildman–Crippen MR) is 93.3 cm³/mol. The number of aliphatic carboxylic acids is 1. The Kier molecular flexibility index (Phi) is 6.58. The van der Waals surface area contributed by atoms with Gasteiger partial charge in [-0.3, -0.25) is 9.59 Å². The van der Waals surface area contributed by atoms with Gasteiger partial charge in [-0.2, -0.15) is 0 Å². The van der Waals surface area contributed by atoms with Crippen LogP contribution in [0.5, 0.6) is 0 Å². The summed E-state index contributed by atoms with van der Waals surface area (Å²) >= 11 is 0. The normalized spacial score (nSPS) is 15.2. The zero-order valence-electron chi connectivity index (χ0n) is 14.6. The van der Waals surface area contributed by atoms with Gasteiger partial charge in [0.15, 0.2) is 0 Å². The Morgan fingerprint density at radius 2 is 1.88 bits per heavy atom. The first kappa shape index (κ1) is 18.2. The number of nitrogens with zero attached hydrogens (tertiary/aromatic N) is 3. The molecule has 0 spiro atoms. The van der Waals surface area contributed by atoms with E-state index in [-0.39, 0.29) is 18.4 Å². The maximum absolute atomic E-state index is 12.6. The molecule has 0 unspecified atom stereocenters. The zero-order valence-corrected chi connectivity index (χ0v) is 14.6. The third kappa shape index (κ3) is 5.22. The highest BCUT2D eigenvalue weighted by molar-refractivity contribution is 5.95. The van der Waals surface area contributed by atoms with Crippen LogP contribution in [0.4, 0.5) is 5.82 Å². The van der Waals surface area contributed by atoms with Crippen molar-refractivity contribution in [1.29, 1.82) is 0 Å². The van der Waals surface area contributed by atoms with Crippen molar-refractivity contribution in [2.45, 2.75) is 39.5 Å². The molecule has 0 radical (unpaired) electrons. The molecule has 0 aliphatic carbocycles. The number of anilines is 1. The van der Waals surface area contributed by atoms with E-state index in [0.29, 0.717) is 12.1 Å². The van der Waals surface area contributed by atoms with Crippen LogP contribution >= 0.6 is 0 Å². The highest BCUT2D eigenvalue weighted by atomic mass is 16.4. The largest absolute Gasteiger partial charge is 0.480 e. The standard InChI is InChI=1S/C18H27N3O3/c1-14(2)12-21(13-17(22)23)18(24)15-7-8-16(19-11-15)20-9-5-3-4-6-10-20/h7-8,11,14H,3-6,9-10,12-13H2,1-2H3,(H,22,23). The first-order chi connectivity index (χ1) is 11.5. The number of hydrogen-bond donors (Lipinski definition) is 1. The van der Waals surface area contributed by atoms with Crippen LogP contribution in [0, 0.1) is 5.92 Å². The number of carboxylic acids is 1. The Hall–Kier alpha value is -2.11. The number of carbonyl (C=O) groups is 2. The first-order valence-electron chi connectivity index (χ1n) is 8.69. The molecule has 1 fully saturated rings. The minimum atomic E-state index is -1.00. The van der Waals surface area contributed by atoms with E-state index in [9.17, 15) is 9.59 Å². The predicted octanol–water partition coefficient (Wildman–Crippen LogP) is 2.64. The molecule has 0 atom stereocenters. The molecular weight excluding hydrogens is 306 g/mol. The molecule has 24 heavy (non-hydrogen) atoms. The van der Waals surface area contributed by atoms with Crippen molar-refractivity contribution in [1.82, 2.24) is 9.88 Å². The smallest absolute Gasteiger partial charge is 0.323 e. The second-order valence-electron chi connectivity index (χ2n) is 6.78. The Labute approximate surface area is 143 Å². The van der Waals surface area contributed by atoms with Crippen molar-refractivity contribution in [3.63, 3.8) is 0 Å². The number of carboxylic acid groups (broad SMARTS) is 1. The molecule has 1 aliphatic rings. The minimum Gasteiger partial charge on any atom is -0.480 e. The lowest BCUT2D eigenvalue weighted by atomic mass is 10.1. The van der Waals surface area contributed by atoms with Crippen molar-refractivity contribution in [3.8, 4) is 0 Å². The second kappa shape index (κ2) is 8.66. The highest BCUT2D eigenvalue weighted by Gasteiger charge is 2.20. The van der Waals surface area contributed by atoms with E-state index in [0.717, 1.165) is 18.9 Å². The molecule has 1 aromatic heterocycles. The number of rotatable bonds is 6. The molecule has 6 nitrogen and oxygen atoms in total. The fourth-order valence-electron chi connectivity index (χ4n) is 3.01. The van der Waals surface area contributed by atoms with Crippen LogP contribution in [0.25, 0.3) is 0 Å². The fraction of sp³-hybridized carbons (Fsp3) is 0.611. The summed E-state index contributed by atoms with van der Waals surface area (Å²) in [5.74, 6) is -0.182. The Morgan fingerprint density at radius 1 is 1.21 bits per heavy atom. The molecule has 1 aliphatic heterocycles. The van der Waals surface area contributed by atoms with E-state index in [4.69, 9.17) is 5.11 Å².